The molecule has 3 rings (SSSR count). The van der Waals surface area contributed by atoms with Gasteiger partial charge in [-0.25, -0.2) is 0 Å². The van der Waals surface area contributed by atoms with Crippen molar-refractivity contribution in [3.63, 3.8) is 0 Å². The van der Waals surface area contributed by atoms with E-state index in [1.165, 1.54) is 5.56 Å². The van der Waals surface area contributed by atoms with E-state index in [4.69, 9.17) is 4.74 Å². The SMILES string of the molecule is Cc1cccc(C2(C)C[C@@H](O)c3cc(Br)ccc3O2)c1. The van der Waals surface area contributed by atoms with Crippen molar-refractivity contribution in [2.24, 2.45) is 0 Å². The van der Waals surface area contributed by atoms with Gasteiger partial charge in [-0.15, -0.1) is 0 Å². The van der Waals surface area contributed by atoms with Crippen molar-refractivity contribution in [2.75, 3.05) is 0 Å². The first-order chi connectivity index (χ1) is 9.48. The highest BCUT2D eigenvalue weighted by Crippen LogP contribution is 2.45. The Hall–Kier alpha value is -1.32. The summed E-state index contributed by atoms with van der Waals surface area (Å²) in [6.45, 7) is 4.10. The fourth-order valence-corrected chi connectivity index (χ4v) is 3.17. The van der Waals surface area contributed by atoms with Crippen molar-refractivity contribution in [3.8, 4) is 5.75 Å². The van der Waals surface area contributed by atoms with Crippen LogP contribution in [0.25, 0.3) is 0 Å². The quantitative estimate of drug-likeness (QED) is 0.833. The Kier molecular flexibility index (Phi) is 3.35. The third-order valence-electron chi connectivity index (χ3n) is 3.88. The van der Waals surface area contributed by atoms with Gasteiger partial charge >= 0.3 is 0 Å². The van der Waals surface area contributed by atoms with Gasteiger partial charge in [0.1, 0.15) is 11.4 Å². The highest BCUT2D eigenvalue weighted by atomic mass is 79.9. The Morgan fingerprint density at radius 2 is 2.05 bits per heavy atom. The van der Waals surface area contributed by atoms with Gasteiger partial charge in [-0.3, -0.25) is 0 Å². The number of halogens is 1. The van der Waals surface area contributed by atoms with Gasteiger partial charge < -0.3 is 9.84 Å². The normalized spacial score (nSPS) is 24.9. The highest BCUT2D eigenvalue weighted by molar-refractivity contribution is 9.10. The lowest BCUT2D eigenvalue weighted by Gasteiger charge is -2.38. The van der Waals surface area contributed by atoms with Gasteiger partial charge in [0.25, 0.3) is 0 Å². The second-order valence-corrected chi connectivity index (χ2v) is 6.52. The van der Waals surface area contributed by atoms with Crippen LogP contribution in [0.4, 0.5) is 0 Å². The van der Waals surface area contributed by atoms with Crippen LogP contribution in [0.3, 0.4) is 0 Å². The van der Waals surface area contributed by atoms with Crippen LogP contribution in [-0.4, -0.2) is 5.11 Å². The van der Waals surface area contributed by atoms with E-state index in [-0.39, 0.29) is 0 Å². The Morgan fingerprint density at radius 3 is 2.80 bits per heavy atom. The highest BCUT2D eigenvalue weighted by Gasteiger charge is 2.38. The predicted octanol–water partition coefficient (Wildman–Crippen LogP) is 4.49. The third kappa shape index (κ3) is 2.36. The van der Waals surface area contributed by atoms with Crippen LogP contribution in [0.5, 0.6) is 5.75 Å². The van der Waals surface area contributed by atoms with Gasteiger partial charge in [0.05, 0.1) is 6.10 Å². The van der Waals surface area contributed by atoms with Crippen LogP contribution >= 0.6 is 15.9 Å². The van der Waals surface area contributed by atoms with Gasteiger partial charge in [0, 0.05) is 16.5 Å². The number of hydrogen-bond acceptors (Lipinski definition) is 2. The van der Waals surface area contributed by atoms with E-state index in [1.807, 2.05) is 31.2 Å². The number of aliphatic hydroxyl groups is 1. The maximum atomic E-state index is 10.5. The van der Waals surface area contributed by atoms with Crippen LogP contribution in [0.2, 0.25) is 0 Å². The molecular weight excluding hydrogens is 316 g/mol. The summed E-state index contributed by atoms with van der Waals surface area (Å²) < 4.78 is 7.16. The molecular formula is C17H17BrO2. The van der Waals surface area contributed by atoms with Gasteiger partial charge in [0.15, 0.2) is 0 Å². The second kappa shape index (κ2) is 4.90. The lowest BCUT2D eigenvalue weighted by Crippen LogP contribution is -2.35. The summed E-state index contributed by atoms with van der Waals surface area (Å²) in [5.41, 5.74) is 2.66. The zero-order valence-corrected chi connectivity index (χ0v) is 13.1. The minimum atomic E-state index is -0.512. The molecule has 1 unspecified atom stereocenters. The van der Waals surface area contributed by atoms with E-state index < -0.39 is 11.7 Å². The fourth-order valence-electron chi connectivity index (χ4n) is 2.79. The molecule has 0 radical (unpaired) electrons. The summed E-state index contributed by atoms with van der Waals surface area (Å²) in [4.78, 5) is 0. The van der Waals surface area contributed by atoms with Gasteiger partial charge in [-0.05, 0) is 37.6 Å². The lowest BCUT2D eigenvalue weighted by atomic mass is 9.84. The van der Waals surface area contributed by atoms with Crippen molar-refractivity contribution in [1.82, 2.24) is 0 Å². The average molecular weight is 333 g/mol. The van der Waals surface area contributed by atoms with E-state index in [9.17, 15) is 5.11 Å². The van der Waals surface area contributed by atoms with Crippen LogP contribution in [0.1, 0.15) is 36.1 Å². The Bertz CT molecular complexity index is 653. The summed E-state index contributed by atoms with van der Waals surface area (Å²) in [5, 5.41) is 10.5. The molecule has 1 heterocycles. The first-order valence-electron chi connectivity index (χ1n) is 6.72. The molecule has 0 saturated carbocycles. The van der Waals surface area contributed by atoms with Crippen LogP contribution in [-0.2, 0) is 5.60 Å². The molecule has 1 aliphatic heterocycles. The molecule has 104 valence electrons. The molecule has 3 heteroatoms. The summed E-state index contributed by atoms with van der Waals surface area (Å²) in [5.74, 6) is 0.760. The fraction of sp³-hybridized carbons (Fsp3) is 0.294. The molecule has 0 saturated heterocycles. The van der Waals surface area contributed by atoms with E-state index in [1.54, 1.807) is 0 Å². The number of hydrogen-bond donors (Lipinski definition) is 1. The summed E-state index contributed by atoms with van der Waals surface area (Å²) in [6, 6.07) is 14.1. The molecule has 0 amide bonds. The molecule has 1 N–H and O–H groups in total. The first-order valence-corrected chi connectivity index (χ1v) is 7.51. The molecule has 20 heavy (non-hydrogen) atoms. The number of rotatable bonds is 1. The number of fused-ring (bicyclic) bond motifs is 1. The van der Waals surface area contributed by atoms with Gasteiger partial charge in [-0.1, -0.05) is 45.8 Å². The Morgan fingerprint density at radius 1 is 1.25 bits per heavy atom. The van der Waals surface area contributed by atoms with Gasteiger partial charge in [-0.2, -0.15) is 0 Å². The van der Waals surface area contributed by atoms with Crippen molar-refractivity contribution < 1.29 is 9.84 Å². The van der Waals surface area contributed by atoms with E-state index in [2.05, 4.69) is 41.1 Å². The lowest BCUT2D eigenvalue weighted by molar-refractivity contribution is -0.00493. The molecule has 2 atom stereocenters. The number of benzene rings is 2. The second-order valence-electron chi connectivity index (χ2n) is 5.60. The standard InChI is InChI=1S/C17H17BrO2/c1-11-4-3-5-12(8-11)17(2)10-15(19)14-9-13(18)6-7-16(14)20-17/h3-9,15,19H,10H2,1-2H3/t15-,17?/m1/s1. The minimum absolute atomic E-state index is 0.494. The molecule has 2 nitrogen and oxygen atoms in total. The Labute approximate surface area is 127 Å². The first kappa shape index (κ1) is 13.7. The summed E-state index contributed by atoms with van der Waals surface area (Å²) in [6.07, 6.45) is 0.0432. The van der Waals surface area contributed by atoms with E-state index >= 15 is 0 Å². The molecule has 2 aromatic carbocycles. The maximum Gasteiger partial charge on any atom is 0.134 e. The average Bonchev–Trinajstić information content (AvgIpc) is 2.40. The molecule has 0 spiro atoms. The molecule has 0 bridgehead atoms. The smallest absolute Gasteiger partial charge is 0.134 e. The Balaban J connectivity index is 2.04. The minimum Gasteiger partial charge on any atom is -0.482 e. The molecule has 1 aliphatic rings. The van der Waals surface area contributed by atoms with E-state index in [0.717, 1.165) is 21.3 Å². The number of ether oxygens (including phenoxy) is 1. The largest absolute Gasteiger partial charge is 0.482 e. The van der Waals surface area contributed by atoms with Crippen molar-refractivity contribution in [2.45, 2.75) is 32.0 Å². The van der Waals surface area contributed by atoms with Crippen molar-refractivity contribution in [3.05, 3.63) is 63.6 Å². The number of aryl methyl sites for hydroxylation is 1. The third-order valence-corrected chi connectivity index (χ3v) is 4.37. The molecule has 0 aliphatic carbocycles. The monoisotopic (exact) mass is 332 g/mol. The predicted molar refractivity (Wildman–Crippen MR) is 82.9 cm³/mol. The molecule has 0 fully saturated rings. The van der Waals surface area contributed by atoms with Crippen LogP contribution in [0.15, 0.2) is 46.9 Å². The zero-order chi connectivity index (χ0) is 14.3. The maximum absolute atomic E-state index is 10.5. The van der Waals surface area contributed by atoms with Crippen molar-refractivity contribution in [1.29, 1.82) is 0 Å². The van der Waals surface area contributed by atoms with Crippen molar-refractivity contribution >= 4 is 15.9 Å². The number of aliphatic hydroxyl groups excluding tert-OH is 1. The summed E-state index contributed by atoms with van der Waals surface area (Å²) >= 11 is 3.43. The molecule has 0 aromatic heterocycles. The van der Waals surface area contributed by atoms with E-state index in [0.29, 0.717) is 6.42 Å². The zero-order valence-electron chi connectivity index (χ0n) is 11.6. The van der Waals surface area contributed by atoms with Crippen LogP contribution < -0.4 is 4.74 Å². The van der Waals surface area contributed by atoms with Crippen LogP contribution in [0, 0.1) is 6.92 Å². The van der Waals surface area contributed by atoms with Gasteiger partial charge in [0.2, 0.25) is 0 Å². The summed E-state index contributed by atoms with van der Waals surface area (Å²) in [7, 11) is 0. The molecule has 2 aromatic rings. The topological polar surface area (TPSA) is 29.5 Å².